The van der Waals surface area contributed by atoms with Crippen LogP contribution in [-0.4, -0.2) is 18.7 Å². The van der Waals surface area contributed by atoms with Gasteiger partial charge in [-0.3, -0.25) is 4.79 Å². The Bertz CT molecular complexity index is 1490. The van der Waals surface area contributed by atoms with Crippen LogP contribution in [0.5, 0.6) is 11.5 Å². The molecule has 166 valence electrons. The van der Waals surface area contributed by atoms with Crippen molar-refractivity contribution < 1.29 is 26.4 Å². The normalized spacial score (nSPS) is 11.8. The molecule has 2 heterocycles. The van der Waals surface area contributed by atoms with Crippen molar-refractivity contribution in [3.63, 3.8) is 0 Å². The van der Waals surface area contributed by atoms with Crippen LogP contribution in [0.1, 0.15) is 12.5 Å². The quantitative estimate of drug-likeness (QED) is 0.414. The molecule has 9 heteroatoms. The molecule has 0 radical (unpaired) electrons. The molecule has 0 saturated carbocycles. The fourth-order valence-electron chi connectivity index (χ4n) is 3.38. The first-order valence-corrected chi connectivity index (χ1v) is 11.5. The molecule has 6 nitrogen and oxygen atoms in total. The summed E-state index contributed by atoms with van der Waals surface area (Å²) in [6.45, 7) is 1.56. The summed E-state index contributed by atoms with van der Waals surface area (Å²) in [5.41, 5.74) is 1.36. The van der Waals surface area contributed by atoms with E-state index in [1.165, 1.54) is 29.2 Å². The van der Waals surface area contributed by atoms with Gasteiger partial charge in [-0.2, -0.15) is 0 Å². The first-order chi connectivity index (χ1) is 15.2. The van der Waals surface area contributed by atoms with E-state index in [0.717, 1.165) is 12.1 Å². The van der Waals surface area contributed by atoms with E-state index in [1.54, 1.807) is 26.1 Å². The van der Waals surface area contributed by atoms with Gasteiger partial charge in [0.25, 0.3) is 5.56 Å². The number of ether oxygens (including phenoxy) is 1. The van der Waals surface area contributed by atoms with Gasteiger partial charge >= 0.3 is 0 Å². The molecule has 0 bridgehead atoms. The predicted molar refractivity (Wildman–Crippen MR) is 116 cm³/mol. The van der Waals surface area contributed by atoms with E-state index in [2.05, 4.69) is 0 Å². The van der Waals surface area contributed by atoms with Gasteiger partial charge in [0.15, 0.2) is 21.4 Å². The van der Waals surface area contributed by atoms with Gasteiger partial charge in [0.1, 0.15) is 17.1 Å². The van der Waals surface area contributed by atoms with Crippen molar-refractivity contribution in [2.24, 2.45) is 7.05 Å². The lowest BCUT2D eigenvalue weighted by molar-refractivity contribution is 0.439. The van der Waals surface area contributed by atoms with E-state index >= 15 is 0 Å². The number of furan rings is 1. The third-order valence-electron chi connectivity index (χ3n) is 5.06. The minimum atomic E-state index is -3.32. The van der Waals surface area contributed by atoms with Crippen LogP contribution < -0.4 is 10.3 Å². The van der Waals surface area contributed by atoms with E-state index in [4.69, 9.17) is 9.15 Å². The summed E-state index contributed by atoms with van der Waals surface area (Å²) in [5, 5.41) is 0.329. The highest BCUT2D eigenvalue weighted by molar-refractivity contribution is 7.90. The second-order valence-electron chi connectivity index (χ2n) is 7.31. The molecule has 0 unspecified atom stereocenters. The molecule has 0 aliphatic carbocycles. The second kappa shape index (κ2) is 8.23. The largest absolute Gasteiger partial charge is 0.463 e. The minimum Gasteiger partial charge on any atom is -0.463 e. The summed E-state index contributed by atoms with van der Waals surface area (Å²) in [6, 6.07) is 9.14. The molecule has 0 amide bonds. The Kier molecular flexibility index (Phi) is 5.60. The summed E-state index contributed by atoms with van der Waals surface area (Å²) >= 11 is 0. The minimum absolute atomic E-state index is 0.0242. The van der Waals surface area contributed by atoms with E-state index in [9.17, 15) is 22.0 Å². The summed E-state index contributed by atoms with van der Waals surface area (Å²) < 4.78 is 64.5. The van der Waals surface area contributed by atoms with Gasteiger partial charge in [-0.05, 0) is 35.9 Å². The number of pyridine rings is 1. The van der Waals surface area contributed by atoms with Crippen LogP contribution in [0.15, 0.2) is 64.1 Å². The van der Waals surface area contributed by atoms with Crippen LogP contribution >= 0.6 is 0 Å². The zero-order valence-electron chi connectivity index (χ0n) is 17.3. The number of sulfone groups is 1. The Morgan fingerprint density at radius 1 is 1.03 bits per heavy atom. The van der Waals surface area contributed by atoms with Crippen molar-refractivity contribution in [2.45, 2.75) is 12.7 Å². The zero-order valence-corrected chi connectivity index (χ0v) is 18.1. The molecular formula is C23H19F2NO5S. The molecule has 2 aromatic heterocycles. The lowest BCUT2D eigenvalue weighted by Crippen LogP contribution is -2.15. The lowest BCUT2D eigenvalue weighted by Gasteiger charge is -2.15. The van der Waals surface area contributed by atoms with Crippen molar-refractivity contribution >= 4 is 20.8 Å². The monoisotopic (exact) mass is 459 g/mol. The number of aryl methyl sites for hydroxylation is 1. The topological polar surface area (TPSA) is 78.5 Å². The number of benzene rings is 2. The number of fused-ring (bicyclic) bond motifs is 1. The SMILES string of the molecule is CCS(=O)(=O)Cc1ccc(Oc2ccc(F)cc2F)c(-c2cn(C)c(=O)c3ccoc23)c1. The number of rotatable bonds is 6. The van der Waals surface area contributed by atoms with Crippen LogP contribution in [0.3, 0.4) is 0 Å². The molecule has 0 aliphatic rings. The van der Waals surface area contributed by atoms with Gasteiger partial charge in [0.05, 0.1) is 17.4 Å². The van der Waals surface area contributed by atoms with Crippen molar-refractivity contribution in [2.75, 3.05) is 5.75 Å². The van der Waals surface area contributed by atoms with E-state index in [0.29, 0.717) is 28.1 Å². The maximum Gasteiger partial charge on any atom is 0.261 e. The van der Waals surface area contributed by atoms with Gasteiger partial charge in [0, 0.05) is 36.2 Å². The van der Waals surface area contributed by atoms with Gasteiger partial charge in [0.2, 0.25) is 0 Å². The fraction of sp³-hybridized carbons (Fsp3) is 0.174. The molecule has 0 N–H and O–H groups in total. The highest BCUT2D eigenvalue weighted by atomic mass is 32.2. The van der Waals surface area contributed by atoms with Crippen molar-refractivity contribution in [1.82, 2.24) is 4.57 Å². The first kappa shape index (κ1) is 21.8. The second-order valence-corrected chi connectivity index (χ2v) is 9.66. The Balaban J connectivity index is 1.93. The summed E-state index contributed by atoms with van der Waals surface area (Å²) in [6.07, 6.45) is 2.91. The van der Waals surface area contributed by atoms with Crippen LogP contribution in [0.2, 0.25) is 0 Å². The van der Waals surface area contributed by atoms with E-state index < -0.39 is 21.5 Å². The van der Waals surface area contributed by atoms with Gasteiger partial charge in [-0.15, -0.1) is 0 Å². The first-order valence-electron chi connectivity index (χ1n) is 9.72. The number of halogens is 2. The smallest absolute Gasteiger partial charge is 0.261 e. The van der Waals surface area contributed by atoms with Crippen molar-refractivity contribution in [1.29, 1.82) is 0 Å². The molecule has 0 spiro atoms. The number of hydrogen-bond acceptors (Lipinski definition) is 5. The summed E-state index contributed by atoms with van der Waals surface area (Å²) in [5.74, 6) is -1.88. The van der Waals surface area contributed by atoms with E-state index in [-0.39, 0.29) is 34.1 Å². The Labute approximate surface area is 182 Å². The number of hydrogen-bond donors (Lipinski definition) is 0. The molecule has 0 fully saturated rings. The maximum absolute atomic E-state index is 14.2. The van der Waals surface area contributed by atoms with Crippen molar-refractivity contribution in [3.05, 3.63) is 82.5 Å². The standard InChI is InChI=1S/C23H19F2NO5S/c1-3-32(28,29)13-14-4-6-20(31-21-7-5-15(24)11-19(21)25)17(10-14)18-12-26(2)23(27)16-8-9-30-22(16)18/h4-12H,3,13H2,1-2H3. The molecule has 4 aromatic rings. The van der Waals surface area contributed by atoms with Gasteiger partial charge in [-0.25, -0.2) is 17.2 Å². The summed E-state index contributed by atoms with van der Waals surface area (Å²) in [4.78, 5) is 12.4. The Morgan fingerprint density at radius 2 is 1.78 bits per heavy atom. The van der Waals surface area contributed by atoms with Crippen LogP contribution in [-0.2, 0) is 22.6 Å². The molecule has 0 aliphatic heterocycles. The Hall–Kier alpha value is -3.46. The van der Waals surface area contributed by atoms with Crippen molar-refractivity contribution in [3.8, 4) is 22.6 Å². The third kappa shape index (κ3) is 4.16. The van der Waals surface area contributed by atoms with Crippen LogP contribution in [0, 0.1) is 11.6 Å². The third-order valence-corrected chi connectivity index (χ3v) is 6.71. The Morgan fingerprint density at radius 3 is 2.50 bits per heavy atom. The molecular weight excluding hydrogens is 440 g/mol. The summed E-state index contributed by atoms with van der Waals surface area (Å²) in [7, 11) is -1.75. The molecule has 0 saturated heterocycles. The zero-order chi connectivity index (χ0) is 23.0. The van der Waals surface area contributed by atoms with E-state index in [1.807, 2.05) is 0 Å². The average Bonchev–Trinajstić information content (AvgIpc) is 3.24. The lowest BCUT2D eigenvalue weighted by atomic mass is 10.0. The fourth-order valence-corrected chi connectivity index (χ4v) is 4.27. The number of aromatic nitrogens is 1. The number of nitrogens with zero attached hydrogens (tertiary/aromatic N) is 1. The van der Waals surface area contributed by atoms with Crippen LogP contribution in [0.4, 0.5) is 8.78 Å². The molecule has 2 aromatic carbocycles. The highest BCUT2D eigenvalue weighted by Gasteiger charge is 2.19. The predicted octanol–water partition coefficient (Wildman–Crippen LogP) is 4.80. The maximum atomic E-state index is 14.2. The molecule has 32 heavy (non-hydrogen) atoms. The highest BCUT2D eigenvalue weighted by Crippen LogP contribution is 2.38. The molecule has 0 atom stereocenters. The average molecular weight is 459 g/mol. The van der Waals surface area contributed by atoms with Gasteiger partial charge < -0.3 is 13.7 Å². The molecule has 4 rings (SSSR count). The van der Waals surface area contributed by atoms with Gasteiger partial charge in [-0.1, -0.05) is 13.0 Å². The van der Waals surface area contributed by atoms with Crippen LogP contribution in [0.25, 0.3) is 22.1 Å².